The summed E-state index contributed by atoms with van der Waals surface area (Å²) < 4.78 is 59.4. The first-order valence-electron chi connectivity index (χ1n) is 34.8. The topological polar surface area (TPSA) is 391 Å². The molecule has 4 heterocycles. The van der Waals surface area contributed by atoms with E-state index in [0.717, 1.165) is 50.9 Å². The van der Waals surface area contributed by atoms with E-state index in [1.54, 1.807) is 67.1 Å². The van der Waals surface area contributed by atoms with Gasteiger partial charge in [0.2, 0.25) is 23.6 Å². The molecule has 0 fully saturated rings. The van der Waals surface area contributed by atoms with Crippen molar-refractivity contribution in [2.24, 2.45) is 5.73 Å². The van der Waals surface area contributed by atoms with Gasteiger partial charge in [-0.1, -0.05) is 62.4 Å². The van der Waals surface area contributed by atoms with Crippen LogP contribution in [0.25, 0.3) is 33.9 Å². The van der Waals surface area contributed by atoms with Gasteiger partial charge in [-0.3, -0.25) is 58.2 Å². The number of aldehydes is 3. The van der Waals surface area contributed by atoms with Gasteiger partial charge < -0.3 is 50.8 Å². The molecule has 10 rings (SSSR count). The SMILES string of the molecule is CC.CC(C)(C)OC(=O)CCCO.CC(C)(C)OC(=O)CCCOc1ncccc1C=O.CC(C)(C)OC(=O)CCCOc1ncccc1C=O.NCCOc1ncccc1C=C1c2ccccc2-c2ccc([N+](=O)[O-])cc21.O=CO[O-].O=Cc1cccnc1F.O=[N+]([O-])c1ccc2c(c1)Cc1ccccc1-2.[2H]CF.[H-].[Na+].[Na+]. The van der Waals surface area contributed by atoms with Crippen LogP contribution in [0.3, 0.4) is 0 Å². The second-order valence-corrected chi connectivity index (χ2v) is 25.3. The van der Waals surface area contributed by atoms with Gasteiger partial charge in [0.15, 0.2) is 18.9 Å². The van der Waals surface area contributed by atoms with Crippen LogP contribution in [-0.4, -0.2) is 135 Å². The number of aliphatic hydroxyl groups excluding tert-OH is 1. The Labute approximate surface area is 691 Å². The number of nitrogens with zero attached hydrogens (tertiary/aromatic N) is 6. The first kappa shape index (κ1) is 99.1. The number of hydrogen-bond acceptors (Lipinski definition) is 25. The van der Waals surface area contributed by atoms with Crippen LogP contribution >= 0.6 is 0 Å². The molecule has 0 amide bonds. The van der Waals surface area contributed by atoms with E-state index in [1.165, 1.54) is 29.5 Å². The molecule has 8 aromatic rings. The number of benzene rings is 4. The molecule has 4 aromatic heterocycles. The minimum atomic E-state index is -1.00. The van der Waals surface area contributed by atoms with E-state index in [0.29, 0.717) is 99.7 Å². The number of carbonyl (C=O) groups is 7. The van der Waals surface area contributed by atoms with Crippen LogP contribution in [0.15, 0.2) is 158 Å². The largest absolute Gasteiger partial charge is 1.00 e. The Morgan fingerprint density at radius 2 is 0.901 bits per heavy atom. The smallest absolute Gasteiger partial charge is 1.00 e. The third-order valence-electron chi connectivity index (χ3n) is 13.6. The number of alkyl halides is 1. The third kappa shape index (κ3) is 38.5. The van der Waals surface area contributed by atoms with Crippen LogP contribution in [0.1, 0.15) is 176 Å². The number of nitro groups is 2. The van der Waals surface area contributed by atoms with E-state index < -0.39 is 29.9 Å². The van der Waals surface area contributed by atoms with E-state index >= 15 is 0 Å². The van der Waals surface area contributed by atoms with Crippen molar-refractivity contribution in [2.45, 2.75) is 138 Å². The minimum Gasteiger partial charge on any atom is -1.00 e. The molecule has 0 saturated heterocycles. The molecule has 0 atom stereocenters. The number of carbonyl (C=O) groups excluding carboxylic acids is 7. The molecule has 0 bridgehead atoms. The quantitative estimate of drug-likeness (QED) is 0.00701. The molecular weight excluding hydrogens is 1460 g/mol. The van der Waals surface area contributed by atoms with Crippen molar-refractivity contribution in [1.29, 1.82) is 0 Å². The van der Waals surface area contributed by atoms with Crippen LogP contribution in [-0.2, 0) is 44.7 Å². The Bertz CT molecular complexity index is 4200. The van der Waals surface area contributed by atoms with Crippen LogP contribution in [0, 0.1) is 26.2 Å². The Morgan fingerprint density at radius 1 is 0.532 bits per heavy atom. The van der Waals surface area contributed by atoms with E-state index in [4.69, 9.17) is 50.7 Å². The zero-order valence-corrected chi connectivity index (χ0v) is 68.8. The van der Waals surface area contributed by atoms with Crippen LogP contribution in [0.2, 0.25) is 0 Å². The summed E-state index contributed by atoms with van der Waals surface area (Å²) in [7, 11) is -1.00. The predicted octanol–water partition coefficient (Wildman–Crippen LogP) is 8.15. The van der Waals surface area contributed by atoms with Gasteiger partial charge in [0.05, 0.1) is 48.3 Å². The maximum absolute atomic E-state index is 12.2. The average Bonchev–Trinajstić information content (AvgIpc) is 1.62. The maximum atomic E-state index is 12.2. The number of nitro benzene ring substituents is 2. The first-order chi connectivity index (χ1) is 52.4. The molecule has 31 heteroatoms. The molecule has 27 nitrogen and oxygen atoms in total. The number of ether oxygens (including phenoxy) is 6. The van der Waals surface area contributed by atoms with Crippen molar-refractivity contribution < 1.29 is 158 Å². The van der Waals surface area contributed by atoms with E-state index in [2.05, 4.69) is 37.0 Å². The molecule has 0 aliphatic heterocycles. The molecule has 0 saturated carbocycles. The van der Waals surface area contributed by atoms with Crippen molar-refractivity contribution in [3.05, 3.63) is 229 Å². The summed E-state index contributed by atoms with van der Waals surface area (Å²) in [5, 5.41) is 38.8. The summed E-state index contributed by atoms with van der Waals surface area (Å²) in [5.41, 5.74) is 15.5. The molecule has 0 radical (unpaired) electrons. The van der Waals surface area contributed by atoms with E-state index in [9.17, 15) is 57.8 Å². The molecule has 3 N–H and O–H groups in total. The van der Waals surface area contributed by atoms with E-state index in [1.807, 2.05) is 143 Å². The number of non-ortho nitro benzene ring substituents is 2. The number of nitrogens with two attached hydrogens (primary N) is 1. The van der Waals surface area contributed by atoms with Crippen molar-refractivity contribution in [3.63, 3.8) is 0 Å². The number of fused-ring (bicyclic) bond motifs is 6. The van der Waals surface area contributed by atoms with Crippen molar-refractivity contribution in [3.8, 4) is 39.9 Å². The first-order valence-corrected chi connectivity index (χ1v) is 34.1. The Kier molecular flexibility index (Phi) is 48.7. The van der Waals surface area contributed by atoms with Gasteiger partial charge in [-0.2, -0.15) is 4.39 Å². The summed E-state index contributed by atoms with van der Waals surface area (Å²) in [4.78, 5) is 113. The molecule has 0 unspecified atom stereocenters. The fourth-order valence-corrected chi connectivity index (χ4v) is 9.43. The van der Waals surface area contributed by atoms with Gasteiger partial charge in [0, 0.05) is 87.0 Å². The summed E-state index contributed by atoms with van der Waals surface area (Å²) in [6.07, 6.45) is 13.0. The second kappa shape index (κ2) is 54.6. The molecular formula is C80H95F2N7Na2O20. The number of rotatable bonds is 23. The predicted molar refractivity (Wildman–Crippen MR) is 404 cm³/mol. The molecule has 111 heavy (non-hydrogen) atoms. The fourth-order valence-electron chi connectivity index (χ4n) is 9.43. The van der Waals surface area contributed by atoms with Crippen molar-refractivity contribution >= 4 is 66.3 Å². The second-order valence-electron chi connectivity index (χ2n) is 25.3. The molecule has 4 aromatic carbocycles. The zero-order valence-electron chi connectivity index (χ0n) is 66.8. The van der Waals surface area contributed by atoms with Gasteiger partial charge in [0.25, 0.3) is 17.8 Å². The van der Waals surface area contributed by atoms with Crippen molar-refractivity contribution in [2.75, 3.05) is 40.1 Å². The normalized spacial score (nSPS) is 11.0. The number of aliphatic hydroxyl groups is 1. The summed E-state index contributed by atoms with van der Waals surface area (Å²) in [6.45, 7) is 21.7. The fraction of sp³-hybridized carbons (Fsp3) is 0.338. The third-order valence-corrected chi connectivity index (χ3v) is 13.6. The summed E-state index contributed by atoms with van der Waals surface area (Å²) in [6, 6.07) is 39.4. The van der Waals surface area contributed by atoms with E-state index in [-0.39, 0.29) is 131 Å². The summed E-state index contributed by atoms with van der Waals surface area (Å²) >= 11 is 0. The van der Waals surface area contributed by atoms with Gasteiger partial charge in [-0.25, -0.2) is 19.9 Å². The van der Waals surface area contributed by atoms with Gasteiger partial charge in [0.1, 0.15) is 23.4 Å². The van der Waals surface area contributed by atoms with Gasteiger partial charge >= 0.3 is 77.0 Å². The average molecular weight is 1560 g/mol. The molecule has 2 aliphatic rings. The monoisotopic (exact) mass is 1560 g/mol. The number of hydrogen-bond donors (Lipinski definition) is 2. The van der Waals surface area contributed by atoms with Crippen molar-refractivity contribution in [1.82, 2.24) is 19.9 Å². The Morgan fingerprint density at radius 3 is 1.32 bits per heavy atom. The number of pyridine rings is 4. The molecule has 0 spiro atoms. The summed E-state index contributed by atoms with van der Waals surface area (Å²) in [5.74, 6) is -0.394. The van der Waals surface area contributed by atoms with Crippen LogP contribution in [0.5, 0.6) is 17.6 Å². The minimum absolute atomic E-state index is 0. The van der Waals surface area contributed by atoms with Crippen LogP contribution < -0.4 is 84.3 Å². The Hall–Kier alpha value is -9.95. The standard InChI is InChI=1S/C21H17N3O3.2C14H19NO4.C13H9NO2.C8H16O3.C6H4FNO.C2H6.CH3F.CH2O3.2Na.H/c22-9-11-27-21-14(4-3-10-23-21)12-19-17-6-2-1-5-16(17)18-8-7-15(24(25)26)13-20(18)19;2*1-14(2,3)19-12(17)7-5-9-18-13-11(10-16)6-4-8-15-13;15-14(16)11-5-6-13-10(8-11)7-9-3-1-2-4-12(9)13;1-8(2,3)11-7(10)5-4-6-9;7-6-5(4-9)2-1-3-8-6;2*1-2;2-1-4-3;;;/h1-8,10,12-13H,9,11,22H2;2*4,6,8,10H,5,7,9H2,1-3H3;1-6,8H,7H2;9H,4-6H2,1-3H3;1-4H;1-2H3;1H3;1,3H;;;/q;;;;;;;;;2*+1;-1/p-1/i;;;;;;;1D;;;;. The number of esters is 3. The number of halogens is 2. The molecule has 586 valence electrons. The zero-order chi connectivity index (χ0) is 82.2. The van der Waals surface area contributed by atoms with Gasteiger partial charge in [-0.15, -0.1) is 0 Å². The maximum Gasteiger partial charge on any atom is 1.00 e. The number of aromatic nitrogens is 4. The van der Waals surface area contributed by atoms with Crippen LogP contribution in [0.4, 0.5) is 20.2 Å². The Balaban J connectivity index is 0. The molecule has 2 aliphatic carbocycles. The van der Waals surface area contributed by atoms with Gasteiger partial charge in [-0.05, 0) is 205 Å².